The molecular weight excluding hydrogens is 508 g/mol. The quantitative estimate of drug-likeness (QED) is 0.398. The molecule has 3 aromatic carbocycles. The largest absolute Gasteiger partial charge is 0.493 e. The zero-order valence-electron chi connectivity index (χ0n) is 22.4. The first kappa shape index (κ1) is 27.2. The highest BCUT2D eigenvalue weighted by molar-refractivity contribution is 5.88. The van der Waals surface area contributed by atoms with E-state index in [1.54, 1.807) is 18.2 Å². The van der Waals surface area contributed by atoms with E-state index in [-0.39, 0.29) is 31.6 Å². The van der Waals surface area contributed by atoms with Crippen molar-refractivity contribution in [1.82, 2.24) is 4.90 Å². The highest BCUT2D eigenvalue weighted by Gasteiger charge is 2.41. The number of carboxylic acids is 1. The second kappa shape index (κ2) is 12.2. The summed E-state index contributed by atoms with van der Waals surface area (Å²) in [6.45, 7) is 0.323. The first-order valence-corrected chi connectivity index (χ1v) is 13.5. The molecule has 1 N–H and O–H groups in total. The lowest BCUT2D eigenvalue weighted by Gasteiger charge is -2.37. The molecule has 0 radical (unpaired) electrons. The Bertz CT molecular complexity index is 1390. The van der Waals surface area contributed by atoms with Crippen molar-refractivity contribution < 1.29 is 28.9 Å². The Morgan fingerprint density at radius 1 is 1.05 bits per heavy atom. The van der Waals surface area contributed by atoms with Crippen molar-refractivity contribution in [3.05, 3.63) is 94.5 Å². The van der Waals surface area contributed by atoms with Crippen LogP contribution in [0.2, 0.25) is 0 Å². The average Bonchev–Trinajstić information content (AvgIpc) is 3.51. The van der Waals surface area contributed by atoms with Gasteiger partial charge in [0, 0.05) is 18.5 Å². The van der Waals surface area contributed by atoms with Gasteiger partial charge in [0.15, 0.2) is 17.6 Å². The van der Waals surface area contributed by atoms with Crippen LogP contribution in [-0.2, 0) is 33.9 Å². The summed E-state index contributed by atoms with van der Waals surface area (Å²) in [7, 11) is 1.54. The molecule has 0 bridgehead atoms. The maximum Gasteiger partial charge on any atom is 0.326 e. The van der Waals surface area contributed by atoms with Crippen LogP contribution in [0.25, 0.3) is 0 Å². The SMILES string of the molecule is COc1ccc2c(c1OCc1ccc(C#N)cc1)C[C@H](C(=O)O)N(C(=O)[C@@H](OC1CCCC1)c1ccccc1)C2. The van der Waals surface area contributed by atoms with Gasteiger partial charge in [-0.3, -0.25) is 4.79 Å². The van der Waals surface area contributed by atoms with Crippen molar-refractivity contribution in [2.24, 2.45) is 0 Å². The lowest BCUT2D eigenvalue weighted by atomic mass is 9.91. The number of benzene rings is 3. The lowest BCUT2D eigenvalue weighted by molar-refractivity contribution is -0.160. The Balaban J connectivity index is 1.44. The molecule has 206 valence electrons. The topological polar surface area (TPSA) is 109 Å². The van der Waals surface area contributed by atoms with E-state index in [4.69, 9.17) is 19.5 Å². The Morgan fingerprint density at radius 2 is 1.77 bits per heavy atom. The molecule has 1 fully saturated rings. The number of nitriles is 1. The average molecular weight is 541 g/mol. The molecule has 2 atom stereocenters. The Morgan fingerprint density at radius 3 is 2.42 bits per heavy atom. The van der Waals surface area contributed by atoms with Crippen molar-refractivity contribution in [2.45, 2.75) is 63.5 Å². The minimum absolute atomic E-state index is 0.0269. The minimum atomic E-state index is -1.09. The highest BCUT2D eigenvalue weighted by atomic mass is 16.5. The van der Waals surface area contributed by atoms with Gasteiger partial charge in [-0.2, -0.15) is 5.26 Å². The predicted molar refractivity (Wildman–Crippen MR) is 147 cm³/mol. The fraction of sp³-hybridized carbons (Fsp3) is 0.344. The number of hydrogen-bond donors (Lipinski definition) is 1. The molecule has 8 nitrogen and oxygen atoms in total. The number of carboxylic acid groups (broad SMARTS) is 1. The molecule has 0 saturated heterocycles. The summed E-state index contributed by atoms with van der Waals surface area (Å²) in [5.74, 6) is -0.493. The van der Waals surface area contributed by atoms with Crippen LogP contribution in [0, 0.1) is 11.3 Å². The Kier molecular flexibility index (Phi) is 8.32. The van der Waals surface area contributed by atoms with Gasteiger partial charge in [-0.25, -0.2) is 4.79 Å². The number of nitrogens with zero attached hydrogens (tertiary/aromatic N) is 2. The van der Waals surface area contributed by atoms with Gasteiger partial charge in [-0.15, -0.1) is 0 Å². The van der Waals surface area contributed by atoms with Crippen LogP contribution in [0.3, 0.4) is 0 Å². The molecular formula is C32H32N2O6. The number of aliphatic carboxylic acids is 1. The molecule has 1 heterocycles. The molecule has 1 amide bonds. The van der Waals surface area contributed by atoms with Crippen molar-refractivity contribution in [3.8, 4) is 17.6 Å². The van der Waals surface area contributed by atoms with Gasteiger partial charge in [0.1, 0.15) is 12.6 Å². The number of carbonyl (C=O) groups excluding carboxylic acids is 1. The third kappa shape index (κ3) is 5.80. The zero-order valence-corrected chi connectivity index (χ0v) is 22.4. The molecule has 5 rings (SSSR count). The standard InChI is InChI=1S/C32H32N2O6/c1-38-28-16-15-24-19-34(31(35)29(23-7-3-2-4-8-23)40-25-9-5-6-10-25)27(32(36)37)17-26(24)30(28)39-20-22-13-11-21(18-33)12-14-22/h2-4,7-8,11-16,25,27,29H,5-6,9-10,17,19-20H2,1H3,(H,36,37)/t27-,29+/m1/s1. The Hall–Kier alpha value is -4.35. The smallest absolute Gasteiger partial charge is 0.326 e. The van der Waals surface area contributed by atoms with E-state index in [0.29, 0.717) is 22.6 Å². The van der Waals surface area contributed by atoms with Crippen LogP contribution in [0.5, 0.6) is 11.5 Å². The molecule has 2 aliphatic rings. The van der Waals surface area contributed by atoms with Crippen molar-refractivity contribution >= 4 is 11.9 Å². The molecule has 0 aromatic heterocycles. The second-order valence-corrected chi connectivity index (χ2v) is 10.2. The lowest BCUT2D eigenvalue weighted by Crippen LogP contribution is -2.50. The predicted octanol–water partition coefficient (Wildman–Crippen LogP) is 5.18. The monoisotopic (exact) mass is 540 g/mol. The number of fused-ring (bicyclic) bond motifs is 1. The van der Waals surface area contributed by atoms with Crippen molar-refractivity contribution in [2.75, 3.05) is 7.11 Å². The van der Waals surface area contributed by atoms with Crippen LogP contribution in [0.1, 0.15) is 59.6 Å². The van der Waals surface area contributed by atoms with Crippen LogP contribution in [-0.4, -0.2) is 41.1 Å². The number of methoxy groups -OCH3 is 1. The third-order valence-electron chi connectivity index (χ3n) is 7.65. The minimum Gasteiger partial charge on any atom is -0.493 e. The van der Waals surface area contributed by atoms with Crippen LogP contribution < -0.4 is 9.47 Å². The molecule has 0 unspecified atom stereocenters. The summed E-state index contributed by atoms with van der Waals surface area (Å²) >= 11 is 0. The van der Waals surface area contributed by atoms with E-state index in [1.165, 1.54) is 12.0 Å². The molecule has 40 heavy (non-hydrogen) atoms. The normalized spacial score (nSPS) is 17.5. The van der Waals surface area contributed by atoms with Gasteiger partial charge < -0.3 is 24.2 Å². The van der Waals surface area contributed by atoms with Gasteiger partial charge in [-0.1, -0.05) is 61.4 Å². The maximum atomic E-state index is 14.0. The van der Waals surface area contributed by atoms with Gasteiger partial charge in [-0.05, 0) is 47.7 Å². The van der Waals surface area contributed by atoms with E-state index < -0.39 is 18.1 Å². The van der Waals surface area contributed by atoms with Crippen LogP contribution >= 0.6 is 0 Å². The Labute approximate surface area is 233 Å². The van der Waals surface area contributed by atoms with E-state index in [0.717, 1.165) is 42.4 Å². The van der Waals surface area contributed by atoms with Gasteiger partial charge in [0.2, 0.25) is 0 Å². The number of carbonyl (C=O) groups is 2. The number of hydrogen-bond acceptors (Lipinski definition) is 6. The van der Waals surface area contributed by atoms with Gasteiger partial charge in [0.25, 0.3) is 5.91 Å². The summed E-state index contributed by atoms with van der Waals surface area (Å²) in [6.07, 6.45) is 3.06. The third-order valence-corrected chi connectivity index (χ3v) is 7.65. The molecule has 3 aromatic rings. The van der Waals surface area contributed by atoms with Crippen molar-refractivity contribution in [1.29, 1.82) is 5.26 Å². The fourth-order valence-corrected chi connectivity index (χ4v) is 5.49. The van der Waals surface area contributed by atoms with Crippen LogP contribution in [0.15, 0.2) is 66.7 Å². The van der Waals surface area contributed by atoms with Gasteiger partial charge in [0.05, 0.1) is 24.8 Å². The fourth-order valence-electron chi connectivity index (χ4n) is 5.49. The zero-order chi connectivity index (χ0) is 28.1. The van der Waals surface area contributed by atoms with E-state index in [2.05, 4.69) is 6.07 Å². The molecule has 1 saturated carbocycles. The van der Waals surface area contributed by atoms with Gasteiger partial charge >= 0.3 is 5.97 Å². The molecule has 0 spiro atoms. The number of rotatable bonds is 9. The first-order valence-electron chi connectivity index (χ1n) is 13.5. The molecule has 8 heteroatoms. The van der Waals surface area contributed by atoms with Crippen molar-refractivity contribution in [3.63, 3.8) is 0 Å². The number of ether oxygens (including phenoxy) is 3. The maximum absolute atomic E-state index is 14.0. The van der Waals surface area contributed by atoms with E-state index in [1.807, 2.05) is 48.5 Å². The first-order chi connectivity index (χ1) is 19.5. The summed E-state index contributed by atoms with van der Waals surface area (Å²) in [5.41, 5.74) is 3.64. The molecule has 1 aliphatic carbocycles. The summed E-state index contributed by atoms with van der Waals surface area (Å²) in [4.78, 5) is 28.0. The summed E-state index contributed by atoms with van der Waals surface area (Å²) in [6, 6.07) is 21.0. The summed E-state index contributed by atoms with van der Waals surface area (Å²) in [5, 5.41) is 19.3. The second-order valence-electron chi connectivity index (χ2n) is 10.2. The number of amides is 1. The van der Waals surface area contributed by atoms with Crippen LogP contribution in [0.4, 0.5) is 0 Å². The van der Waals surface area contributed by atoms with E-state index in [9.17, 15) is 14.7 Å². The van der Waals surface area contributed by atoms with E-state index >= 15 is 0 Å². The summed E-state index contributed by atoms with van der Waals surface area (Å²) < 4.78 is 18.1. The highest BCUT2D eigenvalue weighted by Crippen LogP contribution is 2.40. The molecule has 1 aliphatic heterocycles.